The van der Waals surface area contributed by atoms with Crippen LogP contribution in [0.1, 0.15) is 40.0 Å². The van der Waals surface area contributed by atoms with Gasteiger partial charge >= 0.3 is 0 Å². The molecule has 1 aromatic carbocycles. The summed E-state index contributed by atoms with van der Waals surface area (Å²) in [5, 5.41) is 2.86. The Kier molecular flexibility index (Phi) is 11.6. The average Bonchev–Trinajstić information content (AvgIpc) is 2.62. The molecule has 0 aromatic heterocycles. The number of nitrogens with two attached hydrogens (primary N) is 1. The number of carbonyl (C=O) groups excluding carboxylic acids is 1. The van der Waals surface area contributed by atoms with Crippen LogP contribution in [0, 0.1) is 5.92 Å². The van der Waals surface area contributed by atoms with Crippen LogP contribution in [0.3, 0.4) is 0 Å². The number of amides is 1. The Labute approximate surface area is 168 Å². The van der Waals surface area contributed by atoms with Crippen LogP contribution in [0.5, 0.6) is 5.75 Å². The van der Waals surface area contributed by atoms with Crippen molar-refractivity contribution in [2.45, 2.75) is 57.0 Å². The van der Waals surface area contributed by atoms with E-state index >= 15 is 0 Å². The fourth-order valence-corrected chi connectivity index (χ4v) is 3.82. The van der Waals surface area contributed by atoms with E-state index in [1.807, 2.05) is 0 Å². The van der Waals surface area contributed by atoms with Gasteiger partial charge in [0.2, 0.25) is 15.9 Å². The van der Waals surface area contributed by atoms with Crippen LogP contribution >= 0.6 is 12.4 Å². The molecule has 0 saturated carbocycles. The second-order valence-corrected chi connectivity index (χ2v) is 8.32. The lowest BCUT2D eigenvalue weighted by Crippen LogP contribution is -2.53. The molecular formula is C18H32ClN3O4S. The Bertz CT molecular complexity index is 666. The molecule has 0 aliphatic heterocycles. The second-order valence-electron chi connectivity index (χ2n) is 6.60. The molecule has 1 aromatic rings. The topological polar surface area (TPSA) is 111 Å². The molecule has 27 heavy (non-hydrogen) atoms. The first-order valence-electron chi connectivity index (χ1n) is 8.92. The maximum Gasteiger partial charge on any atom is 0.241 e. The molecule has 7 nitrogen and oxygen atoms in total. The summed E-state index contributed by atoms with van der Waals surface area (Å²) in [6.07, 6.45) is 2.73. The van der Waals surface area contributed by atoms with Gasteiger partial charge in [0.25, 0.3) is 0 Å². The number of carbonyl (C=O) groups is 1. The summed E-state index contributed by atoms with van der Waals surface area (Å²) in [5.74, 6) is -0.0138. The van der Waals surface area contributed by atoms with E-state index in [-0.39, 0.29) is 35.2 Å². The van der Waals surface area contributed by atoms with Crippen molar-refractivity contribution in [3.63, 3.8) is 0 Å². The highest BCUT2D eigenvalue weighted by atomic mass is 35.5. The molecule has 0 spiro atoms. The van der Waals surface area contributed by atoms with Crippen LogP contribution in [-0.2, 0) is 14.8 Å². The van der Waals surface area contributed by atoms with Crippen molar-refractivity contribution in [1.29, 1.82) is 0 Å². The van der Waals surface area contributed by atoms with Crippen molar-refractivity contribution in [3.8, 4) is 5.75 Å². The van der Waals surface area contributed by atoms with Crippen LogP contribution in [0.4, 0.5) is 0 Å². The molecule has 0 aliphatic carbocycles. The first-order chi connectivity index (χ1) is 12.2. The molecule has 2 unspecified atom stereocenters. The predicted octanol–water partition coefficient (Wildman–Crippen LogP) is 2.05. The first-order valence-corrected chi connectivity index (χ1v) is 10.4. The second kappa shape index (κ2) is 12.2. The van der Waals surface area contributed by atoms with Gasteiger partial charge in [-0.1, -0.05) is 33.6 Å². The standard InChI is InChI=1S/C18H31N3O4S.ClH/c1-5-6-7-14(12-19)20-18(22)17(13(2)3)21-26(23,24)16-10-8-15(25-4)9-11-16;/h8-11,13-14,17,21H,5-7,12,19H2,1-4H3,(H,20,22);1H. The van der Waals surface area contributed by atoms with Crippen molar-refractivity contribution < 1.29 is 17.9 Å². The van der Waals surface area contributed by atoms with E-state index in [1.54, 1.807) is 26.0 Å². The molecule has 0 heterocycles. The largest absolute Gasteiger partial charge is 0.497 e. The maximum atomic E-state index is 12.6. The number of unbranched alkanes of at least 4 members (excludes halogenated alkanes) is 1. The zero-order valence-corrected chi connectivity index (χ0v) is 18.0. The van der Waals surface area contributed by atoms with E-state index in [2.05, 4.69) is 17.0 Å². The minimum Gasteiger partial charge on any atom is -0.497 e. The Hall–Kier alpha value is -1.35. The quantitative estimate of drug-likeness (QED) is 0.506. The summed E-state index contributed by atoms with van der Waals surface area (Å²) in [7, 11) is -2.32. The summed E-state index contributed by atoms with van der Waals surface area (Å²) < 4.78 is 32.8. The smallest absolute Gasteiger partial charge is 0.241 e. The van der Waals surface area contributed by atoms with E-state index in [4.69, 9.17) is 10.5 Å². The molecule has 4 N–H and O–H groups in total. The third-order valence-corrected chi connectivity index (χ3v) is 5.60. The summed E-state index contributed by atoms with van der Waals surface area (Å²) in [4.78, 5) is 12.7. The maximum absolute atomic E-state index is 12.6. The molecular weight excluding hydrogens is 390 g/mol. The van der Waals surface area contributed by atoms with Gasteiger partial charge in [0.1, 0.15) is 11.8 Å². The highest BCUT2D eigenvalue weighted by Crippen LogP contribution is 2.17. The number of methoxy groups -OCH3 is 1. The number of nitrogens with one attached hydrogen (secondary N) is 2. The fourth-order valence-electron chi connectivity index (χ4n) is 2.47. The Balaban J connectivity index is 0.00000676. The highest BCUT2D eigenvalue weighted by molar-refractivity contribution is 7.89. The lowest BCUT2D eigenvalue weighted by molar-refractivity contribution is -0.124. The van der Waals surface area contributed by atoms with Gasteiger partial charge in [0, 0.05) is 12.6 Å². The lowest BCUT2D eigenvalue weighted by atomic mass is 10.0. The summed E-state index contributed by atoms with van der Waals surface area (Å²) >= 11 is 0. The number of benzene rings is 1. The van der Waals surface area contributed by atoms with E-state index in [0.717, 1.165) is 19.3 Å². The number of hydrogen-bond donors (Lipinski definition) is 3. The number of halogens is 1. The van der Waals surface area contributed by atoms with E-state index in [1.165, 1.54) is 19.2 Å². The minimum absolute atomic E-state index is 0. The number of sulfonamides is 1. The molecule has 1 amide bonds. The van der Waals surface area contributed by atoms with Crippen molar-refractivity contribution >= 4 is 28.3 Å². The molecule has 0 bridgehead atoms. The minimum atomic E-state index is -3.83. The van der Waals surface area contributed by atoms with E-state index in [0.29, 0.717) is 12.3 Å². The van der Waals surface area contributed by atoms with Gasteiger partial charge in [-0.15, -0.1) is 12.4 Å². The zero-order chi connectivity index (χ0) is 19.7. The van der Waals surface area contributed by atoms with Gasteiger partial charge in [0.15, 0.2) is 0 Å². The van der Waals surface area contributed by atoms with Crippen molar-refractivity contribution in [2.24, 2.45) is 11.7 Å². The molecule has 9 heteroatoms. The molecule has 0 aliphatic rings. The summed E-state index contributed by atoms with van der Waals surface area (Å²) in [6.45, 7) is 5.98. The predicted molar refractivity (Wildman–Crippen MR) is 110 cm³/mol. The molecule has 156 valence electrons. The van der Waals surface area contributed by atoms with Gasteiger partial charge in [0.05, 0.1) is 12.0 Å². The normalized spacial score (nSPS) is 13.6. The van der Waals surface area contributed by atoms with Gasteiger partial charge in [-0.2, -0.15) is 4.72 Å². The highest BCUT2D eigenvalue weighted by Gasteiger charge is 2.29. The number of hydrogen-bond acceptors (Lipinski definition) is 5. The average molecular weight is 422 g/mol. The lowest BCUT2D eigenvalue weighted by Gasteiger charge is -2.25. The van der Waals surface area contributed by atoms with E-state index < -0.39 is 16.1 Å². The van der Waals surface area contributed by atoms with Gasteiger partial charge in [-0.3, -0.25) is 4.79 Å². The van der Waals surface area contributed by atoms with Crippen LogP contribution < -0.4 is 20.5 Å². The molecule has 0 fully saturated rings. The van der Waals surface area contributed by atoms with Crippen LogP contribution in [0.25, 0.3) is 0 Å². The third kappa shape index (κ3) is 8.04. The zero-order valence-electron chi connectivity index (χ0n) is 16.4. The molecule has 2 atom stereocenters. The fraction of sp³-hybridized carbons (Fsp3) is 0.611. The van der Waals surface area contributed by atoms with Gasteiger partial charge in [-0.25, -0.2) is 8.42 Å². The van der Waals surface area contributed by atoms with Crippen LogP contribution in [-0.4, -0.2) is 40.1 Å². The Morgan fingerprint density at radius 2 is 1.81 bits per heavy atom. The Morgan fingerprint density at radius 1 is 1.22 bits per heavy atom. The summed E-state index contributed by atoms with van der Waals surface area (Å²) in [5.41, 5.74) is 5.72. The van der Waals surface area contributed by atoms with E-state index in [9.17, 15) is 13.2 Å². The summed E-state index contributed by atoms with van der Waals surface area (Å²) in [6, 6.07) is 4.98. The van der Waals surface area contributed by atoms with Crippen molar-refractivity contribution in [3.05, 3.63) is 24.3 Å². The van der Waals surface area contributed by atoms with Crippen LogP contribution in [0.2, 0.25) is 0 Å². The molecule has 0 radical (unpaired) electrons. The Morgan fingerprint density at radius 3 is 2.26 bits per heavy atom. The number of ether oxygens (including phenoxy) is 1. The SMILES string of the molecule is CCCCC(CN)NC(=O)C(NS(=O)(=O)c1ccc(OC)cc1)C(C)C.Cl. The van der Waals surface area contributed by atoms with Crippen molar-refractivity contribution in [2.75, 3.05) is 13.7 Å². The molecule has 0 saturated heterocycles. The monoisotopic (exact) mass is 421 g/mol. The third-order valence-electron chi connectivity index (χ3n) is 4.14. The first kappa shape index (κ1) is 25.6. The number of rotatable bonds is 11. The van der Waals surface area contributed by atoms with Gasteiger partial charge < -0.3 is 15.8 Å². The van der Waals surface area contributed by atoms with Gasteiger partial charge in [-0.05, 0) is 36.6 Å². The van der Waals surface area contributed by atoms with Crippen LogP contribution in [0.15, 0.2) is 29.2 Å². The van der Waals surface area contributed by atoms with Crippen molar-refractivity contribution in [1.82, 2.24) is 10.0 Å². The molecule has 1 rings (SSSR count).